The van der Waals surface area contributed by atoms with Crippen LogP contribution in [0.3, 0.4) is 0 Å². The third-order valence-electron chi connectivity index (χ3n) is 4.29. The summed E-state index contributed by atoms with van der Waals surface area (Å²) < 4.78 is 12.9. The number of likely N-dealkylation sites (tertiary alicyclic amines) is 1. The Bertz CT molecular complexity index is 476. The van der Waals surface area contributed by atoms with Crippen molar-refractivity contribution in [1.29, 1.82) is 0 Å². The minimum Gasteiger partial charge on any atom is -0.385 e. The second kappa shape index (κ2) is 14.2. The Labute approximate surface area is 174 Å². The van der Waals surface area contributed by atoms with Crippen molar-refractivity contribution in [3.05, 3.63) is 18.5 Å². The van der Waals surface area contributed by atoms with Gasteiger partial charge in [-0.1, -0.05) is 0 Å². The number of halogens is 1. The Balaban J connectivity index is 0.00000338. The number of aliphatic imine (C=N–C) groups is 1. The van der Waals surface area contributed by atoms with Gasteiger partial charge < -0.3 is 19.7 Å². The molecular formula is C18H34IN5O2. The lowest BCUT2D eigenvalue weighted by molar-refractivity contribution is 0.00990. The van der Waals surface area contributed by atoms with Crippen LogP contribution in [0, 0.1) is 0 Å². The van der Waals surface area contributed by atoms with Crippen LogP contribution in [0.25, 0.3) is 0 Å². The van der Waals surface area contributed by atoms with E-state index in [0.717, 1.165) is 77.6 Å². The minimum atomic E-state index is 0. The number of aromatic nitrogens is 2. The van der Waals surface area contributed by atoms with Crippen molar-refractivity contribution < 1.29 is 9.47 Å². The zero-order valence-corrected chi connectivity index (χ0v) is 18.4. The molecule has 1 aliphatic heterocycles. The van der Waals surface area contributed by atoms with E-state index in [-0.39, 0.29) is 24.0 Å². The summed E-state index contributed by atoms with van der Waals surface area (Å²) in [7, 11) is 1.73. The molecular weight excluding hydrogens is 445 g/mol. The zero-order valence-electron chi connectivity index (χ0n) is 16.1. The lowest BCUT2D eigenvalue weighted by Gasteiger charge is -2.34. The molecule has 0 radical (unpaired) electrons. The van der Waals surface area contributed by atoms with Crippen LogP contribution in [0.5, 0.6) is 0 Å². The summed E-state index contributed by atoms with van der Waals surface area (Å²) in [4.78, 5) is 7.13. The maximum atomic E-state index is 5.94. The van der Waals surface area contributed by atoms with Crippen molar-refractivity contribution in [2.24, 2.45) is 4.99 Å². The maximum absolute atomic E-state index is 5.94. The number of rotatable bonds is 10. The molecule has 7 nitrogen and oxygen atoms in total. The predicted octanol–water partition coefficient (Wildman–Crippen LogP) is 2.37. The van der Waals surface area contributed by atoms with Crippen LogP contribution in [0.4, 0.5) is 0 Å². The van der Waals surface area contributed by atoms with E-state index in [2.05, 4.69) is 22.2 Å². The maximum Gasteiger partial charge on any atom is 0.193 e. The summed E-state index contributed by atoms with van der Waals surface area (Å²) in [6.07, 6.45) is 8.26. The highest BCUT2D eigenvalue weighted by Gasteiger charge is 2.21. The summed E-state index contributed by atoms with van der Waals surface area (Å²) in [5, 5.41) is 7.64. The first-order valence-corrected chi connectivity index (χ1v) is 9.44. The van der Waals surface area contributed by atoms with Gasteiger partial charge in [0.1, 0.15) is 0 Å². The van der Waals surface area contributed by atoms with Gasteiger partial charge in [0.25, 0.3) is 0 Å². The molecule has 0 aliphatic carbocycles. The normalized spacial score (nSPS) is 15.8. The van der Waals surface area contributed by atoms with Crippen molar-refractivity contribution >= 4 is 29.9 Å². The number of hydrogen-bond donors (Lipinski definition) is 1. The third kappa shape index (κ3) is 8.68. The first-order chi connectivity index (χ1) is 12.3. The summed E-state index contributed by atoms with van der Waals surface area (Å²) >= 11 is 0. The fourth-order valence-corrected chi connectivity index (χ4v) is 2.96. The van der Waals surface area contributed by atoms with E-state index in [0.29, 0.717) is 6.10 Å². The Kier molecular flexibility index (Phi) is 12.7. The van der Waals surface area contributed by atoms with Crippen LogP contribution in [-0.4, -0.2) is 73.2 Å². The van der Waals surface area contributed by atoms with Crippen LogP contribution in [-0.2, 0) is 16.0 Å². The highest BCUT2D eigenvalue weighted by atomic mass is 127. The highest BCUT2D eigenvalue weighted by molar-refractivity contribution is 14.0. The smallest absolute Gasteiger partial charge is 0.193 e. The Morgan fingerprint density at radius 2 is 2.08 bits per heavy atom. The van der Waals surface area contributed by atoms with Gasteiger partial charge in [-0.15, -0.1) is 24.0 Å². The monoisotopic (exact) mass is 479 g/mol. The second-order valence-electron chi connectivity index (χ2n) is 6.26. The molecule has 1 aromatic rings. The molecule has 2 heterocycles. The summed E-state index contributed by atoms with van der Waals surface area (Å²) in [5.74, 6) is 1.03. The number of nitrogens with one attached hydrogen (secondary N) is 1. The predicted molar refractivity (Wildman–Crippen MR) is 115 cm³/mol. The second-order valence-corrected chi connectivity index (χ2v) is 6.26. The molecule has 1 fully saturated rings. The molecule has 1 N–H and O–H groups in total. The number of methoxy groups -OCH3 is 1. The quantitative estimate of drug-likeness (QED) is 0.242. The SMILES string of the molecule is CCNC(=NCCCn1cccn1)N1CCC(OCCCOC)CC1.I. The van der Waals surface area contributed by atoms with Crippen molar-refractivity contribution in [2.45, 2.75) is 45.3 Å². The van der Waals surface area contributed by atoms with Crippen molar-refractivity contribution in [3.8, 4) is 0 Å². The molecule has 8 heteroatoms. The molecule has 0 atom stereocenters. The minimum absolute atomic E-state index is 0. The van der Waals surface area contributed by atoms with Crippen molar-refractivity contribution in [2.75, 3.05) is 46.5 Å². The lowest BCUT2D eigenvalue weighted by atomic mass is 10.1. The molecule has 1 aromatic heterocycles. The molecule has 0 aromatic carbocycles. The van der Waals surface area contributed by atoms with Gasteiger partial charge in [0.05, 0.1) is 6.10 Å². The summed E-state index contributed by atoms with van der Waals surface area (Å²) in [5.41, 5.74) is 0. The first-order valence-electron chi connectivity index (χ1n) is 9.44. The number of piperidine rings is 1. The van der Waals surface area contributed by atoms with Gasteiger partial charge in [0.15, 0.2) is 5.96 Å². The van der Waals surface area contributed by atoms with Gasteiger partial charge in [0.2, 0.25) is 0 Å². The molecule has 2 rings (SSSR count). The Morgan fingerprint density at radius 3 is 2.73 bits per heavy atom. The number of guanidine groups is 1. The molecule has 0 saturated carbocycles. The fourth-order valence-electron chi connectivity index (χ4n) is 2.96. The van der Waals surface area contributed by atoms with Gasteiger partial charge in [-0.3, -0.25) is 9.67 Å². The van der Waals surface area contributed by atoms with Crippen LogP contribution >= 0.6 is 24.0 Å². The zero-order chi connectivity index (χ0) is 17.7. The topological polar surface area (TPSA) is 63.9 Å². The lowest BCUT2D eigenvalue weighted by Crippen LogP contribution is -2.47. The molecule has 150 valence electrons. The van der Waals surface area contributed by atoms with Crippen molar-refractivity contribution in [3.63, 3.8) is 0 Å². The number of ether oxygens (including phenoxy) is 2. The number of nitrogens with zero attached hydrogens (tertiary/aromatic N) is 4. The van der Waals surface area contributed by atoms with Gasteiger partial charge in [-0.25, -0.2) is 0 Å². The van der Waals surface area contributed by atoms with Crippen LogP contribution < -0.4 is 5.32 Å². The van der Waals surface area contributed by atoms with Gasteiger partial charge >= 0.3 is 0 Å². The summed E-state index contributed by atoms with van der Waals surface area (Å²) in [6, 6.07) is 1.95. The first kappa shape index (κ1) is 23.2. The van der Waals surface area contributed by atoms with Gasteiger partial charge in [0, 0.05) is 65.4 Å². The average Bonchev–Trinajstić information content (AvgIpc) is 3.15. The highest BCUT2D eigenvalue weighted by Crippen LogP contribution is 2.14. The standard InChI is InChI=1S/C18H33N5O2.HI/c1-3-19-18(20-9-4-11-23-12-5-10-21-23)22-13-7-17(8-14-22)25-16-6-15-24-2;/h5,10,12,17H,3-4,6-9,11,13-16H2,1-2H3,(H,19,20);1H. The molecule has 0 amide bonds. The molecule has 26 heavy (non-hydrogen) atoms. The summed E-state index contributed by atoms with van der Waals surface area (Å²) in [6.45, 7) is 8.30. The van der Waals surface area contributed by atoms with Crippen molar-refractivity contribution in [1.82, 2.24) is 20.0 Å². The Morgan fingerprint density at radius 1 is 1.27 bits per heavy atom. The third-order valence-corrected chi connectivity index (χ3v) is 4.29. The molecule has 0 unspecified atom stereocenters. The van der Waals surface area contributed by atoms with Crippen LogP contribution in [0.1, 0.15) is 32.6 Å². The van der Waals surface area contributed by atoms with Gasteiger partial charge in [-0.05, 0) is 38.7 Å². The number of aryl methyl sites for hydroxylation is 1. The average molecular weight is 479 g/mol. The molecule has 0 spiro atoms. The Hall–Kier alpha value is -0.870. The fraction of sp³-hybridized carbons (Fsp3) is 0.778. The largest absolute Gasteiger partial charge is 0.385 e. The van der Waals surface area contributed by atoms with Crippen LogP contribution in [0.2, 0.25) is 0 Å². The molecule has 1 aliphatic rings. The molecule has 0 bridgehead atoms. The van der Waals surface area contributed by atoms with E-state index in [1.165, 1.54) is 0 Å². The van der Waals surface area contributed by atoms with E-state index in [9.17, 15) is 0 Å². The molecule has 1 saturated heterocycles. The van der Waals surface area contributed by atoms with Crippen LogP contribution in [0.15, 0.2) is 23.5 Å². The van der Waals surface area contributed by atoms with E-state index in [1.807, 2.05) is 23.1 Å². The van der Waals surface area contributed by atoms with E-state index in [4.69, 9.17) is 14.5 Å². The van der Waals surface area contributed by atoms with E-state index in [1.54, 1.807) is 7.11 Å². The van der Waals surface area contributed by atoms with E-state index < -0.39 is 0 Å². The van der Waals surface area contributed by atoms with E-state index >= 15 is 0 Å². The number of hydrogen-bond acceptors (Lipinski definition) is 4. The van der Waals surface area contributed by atoms with Gasteiger partial charge in [-0.2, -0.15) is 5.10 Å².